The van der Waals surface area contributed by atoms with Gasteiger partial charge in [0.25, 0.3) is 0 Å². The SMILES string of the molecule is Cc1cn[nH]c1NC(=O)/C=C/c1c(Cl)nc2sccn12. The van der Waals surface area contributed by atoms with E-state index >= 15 is 0 Å². The Morgan fingerprint density at radius 3 is 3.20 bits per heavy atom. The Labute approximate surface area is 123 Å². The number of nitrogens with one attached hydrogen (secondary N) is 2. The Morgan fingerprint density at radius 1 is 1.60 bits per heavy atom. The van der Waals surface area contributed by atoms with Gasteiger partial charge in [0, 0.05) is 23.2 Å². The van der Waals surface area contributed by atoms with Gasteiger partial charge < -0.3 is 5.32 Å². The Kier molecular flexibility index (Phi) is 3.29. The van der Waals surface area contributed by atoms with E-state index in [4.69, 9.17) is 11.6 Å². The van der Waals surface area contributed by atoms with E-state index in [1.807, 2.05) is 22.9 Å². The summed E-state index contributed by atoms with van der Waals surface area (Å²) in [6, 6.07) is 0. The molecule has 0 aliphatic carbocycles. The maximum absolute atomic E-state index is 11.8. The van der Waals surface area contributed by atoms with Crippen molar-refractivity contribution >= 4 is 45.7 Å². The minimum Gasteiger partial charge on any atom is -0.307 e. The molecule has 1 amide bonds. The van der Waals surface area contributed by atoms with Gasteiger partial charge in [-0.2, -0.15) is 5.10 Å². The van der Waals surface area contributed by atoms with E-state index in [1.165, 1.54) is 17.4 Å². The van der Waals surface area contributed by atoms with Crippen LogP contribution < -0.4 is 5.32 Å². The third-order valence-electron chi connectivity index (χ3n) is 2.72. The molecule has 8 heteroatoms. The van der Waals surface area contributed by atoms with E-state index < -0.39 is 0 Å². The lowest BCUT2D eigenvalue weighted by Gasteiger charge is -1.99. The first-order chi connectivity index (χ1) is 9.65. The molecule has 0 fully saturated rings. The minimum absolute atomic E-state index is 0.265. The molecule has 0 saturated heterocycles. The molecule has 0 atom stereocenters. The maximum Gasteiger partial charge on any atom is 0.249 e. The number of aromatic nitrogens is 4. The Hall–Kier alpha value is -2.12. The van der Waals surface area contributed by atoms with Crippen LogP contribution >= 0.6 is 22.9 Å². The van der Waals surface area contributed by atoms with Gasteiger partial charge in [-0.25, -0.2) is 4.98 Å². The number of carbonyl (C=O) groups excluding carboxylic acids is 1. The molecule has 102 valence electrons. The molecule has 0 saturated carbocycles. The predicted molar refractivity (Wildman–Crippen MR) is 79.1 cm³/mol. The van der Waals surface area contributed by atoms with Crippen molar-refractivity contribution in [3.63, 3.8) is 0 Å². The molecule has 0 spiro atoms. The van der Waals surface area contributed by atoms with Crippen LogP contribution in [0.25, 0.3) is 11.0 Å². The van der Waals surface area contributed by atoms with Crippen molar-refractivity contribution in [2.24, 2.45) is 0 Å². The molecule has 0 unspecified atom stereocenters. The van der Waals surface area contributed by atoms with Gasteiger partial charge in [-0.15, -0.1) is 11.3 Å². The number of anilines is 1. The van der Waals surface area contributed by atoms with Crippen LogP contribution in [-0.4, -0.2) is 25.5 Å². The first-order valence-electron chi connectivity index (χ1n) is 5.75. The van der Waals surface area contributed by atoms with Crippen LogP contribution in [0.2, 0.25) is 5.15 Å². The van der Waals surface area contributed by atoms with E-state index in [2.05, 4.69) is 20.5 Å². The van der Waals surface area contributed by atoms with Gasteiger partial charge in [-0.1, -0.05) is 11.6 Å². The van der Waals surface area contributed by atoms with Crippen molar-refractivity contribution in [1.29, 1.82) is 0 Å². The van der Waals surface area contributed by atoms with Crippen molar-refractivity contribution < 1.29 is 4.79 Å². The molecular formula is C12H10ClN5OS. The second-order valence-corrected chi connectivity index (χ2v) is 5.33. The summed E-state index contributed by atoms with van der Waals surface area (Å²) in [5, 5.41) is 11.5. The number of aryl methyl sites for hydroxylation is 1. The monoisotopic (exact) mass is 307 g/mol. The molecule has 20 heavy (non-hydrogen) atoms. The first-order valence-corrected chi connectivity index (χ1v) is 7.01. The van der Waals surface area contributed by atoms with Crippen LogP contribution in [0.4, 0.5) is 5.82 Å². The molecule has 0 radical (unpaired) electrons. The average Bonchev–Trinajstić information content (AvgIpc) is 3.06. The van der Waals surface area contributed by atoms with E-state index in [1.54, 1.807) is 12.3 Å². The highest BCUT2D eigenvalue weighted by Crippen LogP contribution is 2.22. The fourth-order valence-electron chi connectivity index (χ4n) is 1.72. The summed E-state index contributed by atoms with van der Waals surface area (Å²) in [6.07, 6.45) is 6.54. The van der Waals surface area contributed by atoms with Crippen LogP contribution in [0.1, 0.15) is 11.3 Å². The van der Waals surface area contributed by atoms with E-state index in [-0.39, 0.29) is 5.91 Å². The Balaban J connectivity index is 1.80. The normalized spacial score (nSPS) is 11.5. The van der Waals surface area contributed by atoms with Crippen LogP contribution in [-0.2, 0) is 4.79 Å². The number of nitrogens with zero attached hydrogens (tertiary/aromatic N) is 3. The molecule has 0 bridgehead atoms. The number of hydrogen-bond acceptors (Lipinski definition) is 4. The van der Waals surface area contributed by atoms with Gasteiger partial charge >= 0.3 is 0 Å². The standard InChI is InChI=1S/C12H10ClN5OS/c1-7-6-14-17-11(7)15-9(19)3-2-8-10(13)16-12-18(8)4-5-20-12/h2-6H,1H3,(H2,14,15,17,19)/b3-2+. The zero-order valence-corrected chi connectivity index (χ0v) is 12.0. The zero-order chi connectivity index (χ0) is 14.1. The van der Waals surface area contributed by atoms with Crippen molar-refractivity contribution in [2.45, 2.75) is 6.92 Å². The van der Waals surface area contributed by atoms with Crippen LogP contribution in [0.3, 0.4) is 0 Å². The van der Waals surface area contributed by atoms with Gasteiger partial charge in [0.15, 0.2) is 10.1 Å². The summed E-state index contributed by atoms with van der Waals surface area (Å²) >= 11 is 7.52. The van der Waals surface area contributed by atoms with Crippen LogP contribution in [0.5, 0.6) is 0 Å². The van der Waals surface area contributed by atoms with E-state index in [9.17, 15) is 4.79 Å². The molecular weight excluding hydrogens is 298 g/mol. The van der Waals surface area contributed by atoms with Gasteiger partial charge in [-0.3, -0.25) is 14.3 Å². The maximum atomic E-state index is 11.8. The van der Waals surface area contributed by atoms with E-state index in [0.29, 0.717) is 16.7 Å². The van der Waals surface area contributed by atoms with Crippen molar-refractivity contribution in [3.8, 4) is 0 Å². The summed E-state index contributed by atoms with van der Waals surface area (Å²) in [5.41, 5.74) is 1.55. The highest BCUT2D eigenvalue weighted by atomic mass is 35.5. The Morgan fingerprint density at radius 2 is 2.45 bits per heavy atom. The number of fused-ring (bicyclic) bond motifs is 1. The van der Waals surface area contributed by atoms with Crippen molar-refractivity contribution in [3.05, 3.63) is 40.3 Å². The largest absolute Gasteiger partial charge is 0.307 e. The molecule has 0 aliphatic rings. The summed E-state index contributed by atoms with van der Waals surface area (Å²) in [6.45, 7) is 1.85. The number of aromatic amines is 1. The Bertz CT molecular complexity index is 800. The first kappa shape index (κ1) is 12.9. The number of amides is 1. The molecule has 0 aliphatic heterocycles. The number of H-pyrrole nitrogens is 1. The van der Waals surface area contributed by atoms with E-state index in [0.717, 1.165) is 10.5 Å². The summed E-state index contributed by atoms with van der Waals surface area (Å²) in [5.74, 6) is 0.318. The highest BCUT2D eigenvalue weighted by molar-refractivity contribution is 7.15. The number of halogens is 1. The van der Waals surface area contributed by atoms with Crippen molar-refractivity contribution in [2.75, 3.05) is 5.32 Å². The third-order valence-corrected chi connectivity index (χ3v) is 3.76. The molecule has 3 aromatic heterocycles. The topological polar surface area (TPSA) is 75.1 Å². The van der Waals surface area contributed by atoms with Gasteiger partial charge in [0.2, 0.25) is 5.91 Å². The zero-order valence-electron chi connectivity index (χ0n) is 10.4. The highest BCUT2D eigenvalue weighted by Gasteiger charge is 2.09. The summed E-state index contributed by atoms with van der Waals surface area (Å²) in [4.78, 5) is 16.8. The number of rotatable bonds is 3. The lowest BCUT2D eigenvalue weighted by molar-refractivity contribution is -0.111. The van der Waals surface area contributed by atoms with Crippen LogP contribution in [0.15, 0.2) is 23.8 Å². The van der Waals surface area contributed by atoms with Crippen molar-refractivity contribution in [1.82, 2.24) is 19.6 Å². The predicted octanol–water partition coefficient (Wildman–Crippen LogP) is 2.73. The fraction of sp³-hybridized carbons (Fsp3) is 0.0833. The average molecular weight is 308 g/mol. The lowest BCUT2D eigenvalue weighted by atomic mass is 10.3. The smallest absolute Gasteiger partial charge is 0.249 e. The number of carbonyl (C=O) groups is 1. The second kappa shape index (κ2) is 5.10. The lowest BCUT2D eigenvalue weighted by Crippen LogP contribution is -2.09. The fourth-order valence-corrected chi connectivity index (χ4v) is 2.72. The molecule has 0 aromatic carbocycles. The number of imidazole rings is 1. The number of hydrogen-bond donors (Lipinski definition) is 2. The van der Waals surface area contributed by atoms with Crippen LogP contribution in [0, 0.1) is 6.92 Å². The molecule has 3 aromatic rings. The number of thiazole rings is 1. The van der Waals surface area contributed by atoms with Gasteiger partial charge in [-0.05, 0) is 13.0 Å². The quantitative estimate of drug-likeness (QED) is 0.731. The minimum atomic E-state index is -0.265. The molecule has 3 heterocycles. The summed E-state index contributed by atoms with van der Waals surface area (Å²) < 4.78 is 1.83. The van der Waals surface area contributed by atoms with Gasteiger partial charge in [0.05, 0.1) is 11.9 Å². The molecule has 3 rings (SSSR count). The molecule has 6 nitrogen and oxygen atoms in total. The second-order valence-electron chi connectivity index (χ2n) is 4.09. The third kappa shape index (κ3) is 2.33. The van der Waals surface area contributed by atoms with Gasteiger partial charge in [0.1, 0.15) is 5.82 Å². The summed E-state index contributed by atoms with van der Waals surface area (Å²) in [7, 11) is 0. The molecule has 2 N–H and O–H groups in total.